The van der Waals surface area contributed by atoms with Gasteiger partial charge in [0.1, 0.15) is 0 Å². The zero-order valence-corrected chi connectivity index (χ0v) is 15.5. The van der Waals surface area contributed by atoms with E-state index in [1.807, 2.05) is 18.5 Å². The van der Waals surface area contributed by atoms with E-state index in [0.29, 0.717) is 12.3 Å². The Morgan fingerprint density at radius 1 is 1.39 bits per heavy atom. The van der Waals surface area contributed by atoms with E-state index in [9.17, 15) is 13.2 Å². The van der Waals surface area contributed by atoms with Crippen LogP contribution in [0, 0.1) is 19.8 Å². The van der Waals surface area contributed by atoms with E-state index in [2.05, 4.69) is 18.9 Å². The number of likely N-dealkylation sites (N-methyl/N-ethyl adjacent to an activating group) is 1. The van der Waals surface area contributed by atoms with Gasteiger partial charge in [-0.2, -0.15) is 5.10 Å². The highest BCUT2D eigenvalue weighted by Gasteiger charge is 2.33. The molecule has 1 amide bonds. The average molecular weight is 341 g/mol. The molecule has 1 saturated heterocycles. The van der Waals surface area contributed by atoms with Gasteiger partial charge in [0.2, 0.25) is 5.91 Å². The lowest BCUT2D eigenvalue weighted by Gasteiger charge is -2.23. The number of carbonyl (C=O) groups excluding carboxylic acids is 1. The van der Waals surface area contributed by atoms with Gasteiger partial charge in [0.05, 0.1) is 23.6 Å². The summed E-state index contributed by atoms with van der Waals surface area (Å²) in [5.41, 5.74) is 2.87. The fourth-order valence-corrected chi connectivity index (χ4v) is 4.85. The van der Waals surface area contributed by atoms with Crippen LogP contribution in [0.4, 0.5) is 0 Å². The third kappa shape index (κ3) is 4.13. The standard InChI is InChI=1S/C16H27N3O3S/c1-11(2)9-19-13(4)15(12(3)17-19)8-16(20)18(5)14-6-7-23(21,22)10-14/h11,14H,6-10H2,1-5H3/t14-/m1/s1. The topological polar surface area (TPSA) is 72.3 Å². The molecule has 0 aromatic carbocycles. The predicted molar refractivity (Wildman–Crippen MR) is 90.1 cm³/mol. The Morgan fingerprint density at radius 2 is 2.04 bits per heavy atom. The minimum absolute atomic E-state index is 0.0394. The van der Waals surface area contributed by atoms with Crippen LogP contribution in [0.2, 0.25) is 0 Å². The summed E-state index contributed by atoms with van der Waals surface area (Å²) in [6.07, 6.45) is 0.817. The molecule has 2 heterocycles. The Morgan fingerprint density at radius 3 is 2.57 bits per heavy atom. The van der Waals surface area contributed by atoms with Gasteiger partial charge >= 0.3 is 0 Å². The van der Waals surface area contributed by atoms with Crippen molar-refractivity contribution in [1.82, 2.24) is 14.7 Å². The van der Waals surface area contributed by atoms with Crippen molar-refractivity contribution in [2.45, 2.75) is 53.1 Å². The molecule has 0 aliphatic carbocycles. The van der Waals surface area contributed by atoms with Crippen molar-refractivity contribution >= 4 is 15.7 Å². The first-order valence-electron chi connectivity index (χ1n) is 8.09. The molecular weight excluding hydrogens is 314 g/mol. The molecule has 0 bridgehead atoms. The van der Waals surface area contributed by atoms with Gasteiger partial charge in [-0.25, -0.2) is 8.42 Å². The van der Waals surface area contributed by atoms with E-state index in [4.69, 9.17) is 0 Å². The quantitative estimate of drug-likeness (QED) is 0.810. The maximum absolute atomic E-state index is 12.5. The zero-order chi connectivity index (χ0) is 17.4. The van der Waals surface area contributed by atoms with Crippen LogP contribution in [-0.2, 0) is 27.6 Å². The van der Waals surface area contributed by atoms with Crippen molar-refractivity contribution in [1.29, 1.82) is 0 Å². The molecule has 0 saturated carbocycles. The third-order valence-corrected chi connectivity index (χ3v) is 6.30. The highest BCUT2D eigenvalue weighted by Crippen LogP contribution is 2.20. The van der Waals surface area contributed by atoms with Crippen LogP contribution in [0.3, 0.4) is 0 Å². The van der Waals surface area contributed by atoms with Gasteiger partial charge in [0, 0.05) is 30.9 Å². The molecule has 23 heavy (non-hydrogen) atoms. The van der Waals surface area contributed by atoms with E-state index < -0.39 is 9.84 Å². The number of aryl methyl sites for hydroxylation is 1. The summed E-state index contributed by atoms with van der Waals surface area (Å²) in [4.78, 5) is 14.1. The van der Waals surface area contributed by atoms with Gasteiger partial charge in [-0.1, -0.05) is 13.8 Å². The van der Waals surface area contributed by atoms with Crippen LogP contribution < -0.4 is 0 Å². The Hall–Kier alpha value is -1.37. The molecule has 1 aromatic heterocycles. The van der Waals surface area contributed by atoms with Crippen molar-refractivity contribution in [3.05, 3.63) is 17.0 Å². The van der Waals surface area contributed by atoms with Crippen LogP contribution in [0.15, 0.2) is 0 Å². The van der Waals surface area contributed by atoms with E-state index in [1.165, 1.54) is 0 Å². The number of amides is 1. The SMILES string of the molecule is Cc1nn(CC(C)C)c(C)c1CC(=O)N(C)[C@@H]1CCS(=O)(=O)C1. The summed E-state index contributed by atoms with van der Waals surface area (Å²) in [6, 6.07) is -0.196. The highest BCUT2D eigenvalue weighted by atomic mass is 32.2. The van der Waals surface area contributed by atoms with Crippen molar-refractivity contribution in [3.63, 3.8) is 0 Å². The molecule has 1 fully saturated rings. The lowest BCUT2D eigenvalue weighted by molar-refractivity contribution is -0.130. The summed E-state index contributed by atoms with van der Waals surface area (Å²) >= 11 is 0. The van der Waals surface area contributed by atoms with E-state index in [0.717, 1.165) is 23.5 Å². The first-order chi connectivity index (χ1) is 10.6. The molecule has 0 radical (unpaired) electrons. The number of hydrogen-bond donors (Lipinski definition) is 0. The van der Waals surface area contributed by atoms with Gasteiger partial charge < -0.3 is 4.90 Å². The van der Waals surface area contributed by atoms with Crippen LogP contribution in [-0.4, -0.2) is 53.6 Å². The van der Waals surface area contributed by atoms with E-state index in [1.54, 1.807) is 11.9 Å². The fraction of sp³-hybridized carbons (Fsp3) is 0.750. The highest BCUT2D eigenvalue weighted by molar-refractivity contribution is 7.91. The summed E-state index contributed by atoms with van der Waals surface area (Å²) < 4.78 is 25.1. The first-order valence-corrected chi connectivity index (χ1v) is 9.92. The lowest BCUT2D eigenvalue weighted by atomic mass is 10.1. The fourth-order valence-electron chi connectivity index (χ4n) is 3.07. The average Bonchev–Trinajstić information content (AvgIpc) is 2.92. The Labute approximate surface area is 138 Å². The summed E-state index contributed by atoms with van der Waals surface area (Å²) in [7, 11) is -1.28. The molecule has 6 nitrogen and oxygen atoms in total. The van der Waals surface area contributed by atoms with E-state index in [-0.39, 0.29) is 29.9 Å². The monoisotopic (exact) mass is 341 g/mol. The van der Waals surface area contributed by atoms with Gasteiger partial charge in [0.25, 0.3) is 0 Å². The van der Waals surface area contributed by atoms with Crippen molar-refractivity contribution in [2.75, 3.05) is 18.6 Å². The minimum atomic E-state index is -2.98. The smallest absolute Gasteiger partial charge is 0.227 e. The molecule has 1 aliphatic heterocycles. The second kappa shape index (κ2) is 6.63. The molecule has 0 spiro atoms. The Kier molecular flexibility index (Phi) is 5.18. The van der Waals surface area contributed by atoms with Crippen molar-refractivity contribution < 1.29 is 13.2 Å². The minimum Gasteiger partial charge on any atom is -0.341 e. The summed E-state index contributed by atoms with van der Waals surface area (Å²) in [5, 5.41) is 4.53. The number of aromatic nitrogens is 2. The summed E-state index contributed by atoms with van der Waals surface area (Å²) in [5.74, 6) is 0.713. The second-order valence-corrected chi connectivity index (χ2v) is 9.19. The molecule has 1 aliphatic rings. The maximum atomic E-state index is 12.5. The van der Waals surface area contributed by atoms with Crippen molar-refractivity contribution in [2.24, 2.45) is 5.92 Å². The van der Waals surface area contributed by atoms with Gasteiger partial charge in [-0.05, 0) is 26.2 Å². The van der Waals surface area contributed by atoms with Crippen LogP contribution in [0.1, 0.15) is 37.2 Å². The number of nitrogens with zero attached hydrogens (tertiary/aromatic N) is 3. The van der Waals surface area contributed by atoms with E-state index >= 15 is 0 Å². The van der Waals surface area contributed by atoms with Crippen LogP contribution in [0.5, 0.6) is 0 Å². The lowest BCUT2D eigenvalue weighted by Crippen LogP contribution is -2.38. The predicted octanol–water partition coefficient (Wildman–Crippen LogP) is 1.34. The van der Waals surface area contributed by atoms with Gasteiger partial charge in [-0.15, -0.1) is 0 Å². The largest absolute Gasteiger partial charge is 0.341 e. The molecule has 1 aromatic rings. The van der Waals surface area contributed by atoms with Crippen LogP contribution >= 0.6 is 0 Å². The van der Waals surface area contributed by atoms with Crippen LogP contribution in [0.25, 0.3) is 0 Å². The van der Waals surface area contributed by atoms with Crippen molar-refractivity contribution in [3.8, 4) is 0 Å². The number of rotatable bonds is 5. The number of sulfone groups is 1. The number of hydrogen-bond acceptors (Lipinski definition) is 4. The molecule has 7 heteroatoms. The first kappa shape index (κ1) is 18.0. The summed E-state index contributed by atoms with van der Waals surface area (Å²) in [6.45, 7) is 9.01. The maximum Gasteiger partial charge on any atom is 0.227 e. The number of carbonyl (C=O) groups is 1. The Bertz CT molecular complexity index is 692. The second-order valence-electron chi connectivity index (χ2n) is 6.96. The molecule has 0 N–H and O–H groups in total. The third-order valence-electron chi connectivity index (χ3n) is 4.55. The molecule has 2 rings (SSSR count). The van der Waals surface area contributed by atoms with Gasteiger partial charge in [0.15, 0.2) is 9.84 Å². The molecule has 0 unspecified atom stereocenters. The van der Waals surface area contributed by atoms with Gasteiger partial charge in [-0.3, -0.25) is 9.48 Å². The normalized spacial score (nSPS) is 20.2. The molecule has 1 atom stereocenters. The molecular formula is C16H27N3O3S. The Balaban J connectivity index is 2.10. The zero-order valence-electron chi connectivity index (χ0n) is 14.7. The molecule has 130 valence electrons.